The van der Waals surface area contributed by atoms with Gasteiger partial charge in [-0.25, -0.2) is 4.58 Å². The van der Waals surface area contributed by atoms with E-state index in [9.17, 15) is 21.4 Å². The lowest BCUT2D eigenvalue weighted by Gasteiger charge is -2.22. The van der Waals surface area contributed by atoms with Crippen molar-refractivity contribution >= 4 is 36.9 Å². The predicted octanol–water partition coefficient (Wildman–Crippen LogP) is 4.44. The zero-order chi connectivity index (χ0) is 28.5. The minimum Gasteiger partial charge on any atom is -0.456 e. The molecule has 0 radical (unpaired) electrons. The van der Waals surface area contributed by atoms with E-state index in [2.05, 4.69) is 41.4 Å². The minimum absolute atomic E-state index is 0.143. The number of anilines is 1. The monoisotopic (exact) mass is 573 g/mol. The summed E-state index contributed by atoms with van der Waals surface area (Å²) >= 11 is 0. The summed E-state index contributed by atoms with van der Waals surface area (Å²) in [6.45, 7) is 11.4. The molecule has 0 saturated heterocycles. The van der Waals surface area contributed by atoms with Gasteiger partial charge in [-0.3, -0.25) is 8.74 Å². The number of benzene rings is 3. The summed E-state index contributed by atoms with van der Waals surface area (Å²) in [7, 11) is -8.06. The number of hydrogen-bond donors (Lipinski definition) is 1. The minimum atomic E-state index is -4.84. The molecule has 9 nitrogen and oxygen atoms in total. The Morgan fingerprint density at radius 3 is 2.13 bits per heavy atom. The molecule has 4 rings (SSSR count). The molecule has 208 valence electrons. The molecule has 0 aromatic heterocycles. The molecular weight excluding hydrogens is 540 g/mol. The molecule has 0 spiro atoms. The molecule has 11 heteroatoms. The first-order chi connectivity index (χ1) is 18.5. The highest BCUT2D eigenvalue weighted by molar-refractivity contribution is 7.87. The van der Waals surface area contributed by atoms with Crippen LogP contribution in [0.15, 0.2) is 68.8 Å². The van der Waals surface area contributed by atoms with E-state index < -0.39 is 25.1 Å². The van der Waals surface area contributed by atoms with Crippen molar-refractivity contribution in [3.63, 3.8) is 0 Å². The van der Waals surface area contributed by atoms with Gasteiger partial charge in [0.15, 0.2) is 0 Å². The number of nitrogens with zero attached hydrogens (tertiary/aromatic N) is 2. The molecule has 2 aromatic rings. The van der Waals surface area contributed by atoms with Gasteiger partial charge in [0.25, 0.3) is 20.2 Å². The maximum Gasteiger partial charge on any atom is 0.296 e. The summed E-state index contributed by atoms with van der Waals surface area (Å²) < 4.78 is 73.2. The van der Waals surface area contributed by atoms with E-state index in [1.165, 1.54) is 12.1 Å². The molecule has 39 heavy (non-hydrogen) atoms. The Balaban J connectivity index is 2.18. The summed E-state index contributed by atoms with van der Waals surface area (Å²) in [6, 6.07) is 14.9. The Bertz CT molecular complexity index is 1780. The maximum absolute atomic E-state index is 12.6. The first kappa shape index (κ1) is 28.8. The third kappa shape index (κ3) is 5.44. The van der Waals surface area contributed by atoms with Crippen LogP contribution in [0, 0.1) is 0 Å². The van der Waals surface area contributed by atoms with Crippen LogP contribution in [0.2, 0.25) is 0 Å². The molecule has 0 unspecified atom stereocenters. The van der Waals surface area contributed by atoms with E-state index in [1.807, 2.05) is 36.4 Å². The largest absolute Gasteiger partial charge is 0.456 e. The van der Waals surface area contributed by atoms with Crippen LogP contribution in [0.5, 0.6) is 0 Å². The fraction of sp³-hybridized carbons (Fsp3) is 0.321. The van der Waals surface area contributed by atoms with Crippen LogP contribution in [-0.4, -0.2) is 54.7 Å². The fourth-order valence-electron chi connectivity index (χ4n) is 4.90. The normalized spacial score (nSPS) is 12.3. The van der Waals surface area contributed by atoms with Gasteiger partial charge in [-0.15, -0.1) is 0 Å². The van der Waals surface area contributed by atoms with Gasteiger partial charge < -0.3 is 9.32 Å². The molecule has 1 aliphatic heterocycles. The Morgan fingerprint density at radius 1 is 0.872 bits per heavy atom. The standard InChI is InChI=1S/C28H32N2O7S2/c1-6-29(7-2)19-10-13-22-25(16-19)37-26-17-20(30(8-3)9-4)11-14-23(26)28(22)24-15-12-21(39(34,35)36-5)18-27(24)38(31,32)33/h10-18H,6-9H2,1-5H3/p+1. The lowest BCUT2D eigenvalue weighted by molar-refractivity contribution is 0.397. The predicted molar refractivity (Wildman–Crippen MR) is 152 cm³/mol. The van der Waals surface area contributed by atoms with Crippen molar-refractivity contribution in [2.24, 2.45) is 0 Å². The van der Waals surface area contributed by atoms with Crippen LogP contribution < -0.4 is 14.8 Å². The van der Waals surface area contributed by atoms with Gasteiger partial charge in [-0.05, 0) is 58.0 Å². The molecule has 0 atom stereocenters. The Labute approximate surface area is 229 Å². The van der Waals surface area contributed by atoms with Crippen LogP contribution in [0.1, 0.15) is 27.7 Å². The van der Waals surface area contributed by atoms with Gasteiger partial charge in [0, 0.05) is 53.0 Å². The van der Waals surface area contributed by atoms with Crippen LogP contribution >= 0.6 is 0 Å². The molecule has 1 aliphatic carbocycles. The van der Waals surface area contributed by atoms with Gasteiger partial charge in [-0.2, -0.15) is 16.8 Å². The summed E-state index contributed by atoms with van der Waals surface area (Å²) in [5.74, 6) is 0.522. The Morgan fingerprint density at radius 2 is 1.54 bits per heavy atom. The lowest BCUT2D eigenvalue weighted by Crippen LogP contribution is -2.29. The van der Waals surface area contributed by atoms with Crippen LogP contribution in [0.4, 0.5) is 5.69 Å². The highest BCUT2D eigenvalue weighted by atomic mass is 32.2. The fourth-order valence-corrected chi connectivity index (χ4v) is 6.39. The van der Waals surface area contributed by atoms with Gasteiger partial charge in [-0.1, -0.05) is 6.07 Å². The van der Waals surface area contributed by atoms with E-state index in [4.69, 9.17) is 4.42 Å². The molecule has 0 amide bonds. The second-order valence-corrected chi connectivity index (χ2v) is 12.0. The van der Waals surface area contributed by atoms with E-state index in [0.717, 1.165) is 50.4 Å². The lowest BCUT2D eigenvalue weighted by atomic mass is 9.93. The van der Waals surface area contributed by atoms with Crippen molar-refractivity contribution in [2.75, 3.05) is 38.2 Å². The molecule has 0 fully saturated rings. The van der Waals surface area contributed by atoms with Gasteiger partial charge >= 0.3 is 0 Å². The van der Waals surface area contributed by atoms with Crippen molar-refractivity contribution in [2.45, 2.75) is 37.5 Å². The maximum atomic E-state index is 12.6. The van der Waals surface area contributed by atoms with Gasteiger partial charge in [0.05, 0.1) is 18.1 Å². The van der Waals surface area contributed by atoms with E-state index >= 15 is 0 Å². The molecular formula is C28H33N2O7S2+. The second kappa shape index (κ2) is 11.1. The van der Waals surface area contributed by atoms with Crippen molar-refractivity contribution < 1.29 is 30.0 Å². The smallest absolute Gasteiger partial charge is 0.296 e. The summed E-state index contributed by atoms with van der Waals surface area (Å²) in [5, 5.41) is 1.55. The van der Waals surface area contributed by atoms with Gasteiger partial charge in [0.2, 0.25) is 5.36 Å². The number of fused-ring (bicyclic) bond motifs is 2. The molecule has 2 aromatic carbocycles. The zero-order valence-electron chi connectivity index (χ0n) is 22.6. The first-order valence-corrected chi connectivity index (χ1v) is 15.6. The summed E-state index contributed by atoms with van der Waals surface area (Å²) in [6.07, 6.45) is 0. The highest BCUT2D eigenvalue weighted by Gasteiger charge is 2.27. The molecule has 0 bridgehead atoms. The van der Waals surface area contributed by atoms with Crippen molar-refractivity contribution in [3.8, 4) is 22.5 Å². The summed E-state index contributed by atoms with van der Waals surface area (Å²) in [4.78, 5) is 1.23. The Hall–Kier alpha value is -3.25. The van der Waals surface area contributed by atoms with Crippen LogP contribution in [-0.2, 0) is 24.4 Å². The molecule has 1 N–H and O–H groups in total. The number of rotatable bonds is 9. The third-order valence-electron chi connectivity index (χ3n) is 6.95. The topological polar surface area (TPSA) is 117 Å². The SMILES string of the molecule is CCN(CC)c1ccc2c(-c3ccc(S(=O)(=O)OC)cc3S(=O)(=O)O)c3ccc(=[N+](CC)CC)cc-3oc2c1. The number of hydrogen-bond acceptors (Lipinski definition) is 7. The average Bonchev–Trinajstić information content (AvgIpc) is 2.92. The van der Waals surface area contributed by atoms with Gasteiger partial charge in [0.1, 0.15) is 29.3 Å². The average molecular weight is 574 g/mol. The molecule has 0 saturated carbocycles. The van der Waals surface area contributed by atoms with Crippen molar-refractivity contribution in [1.29, 1.82) is 0 Å². The van der Waals surface area contributed by atoms with Crippen LogP contribution in [0.25, 0.3) is 33.4 Å². The molecule has 2 aliphatic rings. The zero-order valence-corrected chi connectivity index (χ0v) is 24.3. The highest BCUT2D eigenvalue weighted by Crippen LogP contribution is 2.43. The van der Waals surface area contributed by atoms with E-state index in [1.54, 1.807) is 0 Å². The van der Waals surface area contributed by atoms with Crippen molar-refractivity contribution in [3.05, 3.63) is 60.0 Å². The quantitative estimate of drug-likeness (QED) is 0.135. The first-order valence-electron chi connectivity index (χ1n) is 12.7. The Kier molecular flexibility index (Phi) is 8.17. The third-order valence-corrected chi connectivity index (χ3v) is 9.12. The van der Waals surface area contributed by atoms with Crippen LogP contribution in [0.3, 0.4) is 0 Å². The van der Waals surface area contributed by atoms with E-state index in [-0.39, 0.29) is 10.5 Å². The molecule has 1 heterocycles. The second-order valence-electron chi connectivity index (χ2n) is 8.94. The van der Waals surface area contributed by atoms with Crippen molar-refractivity contribution in [1.82, 2.24) is 4.58 Å². The van der Waals surface area contributed by atoms with E-state index in [0.29, 0.717) is 27.9 Å². The summed E-state index contributed by atoms with van der Waals surface area (Å²) in [5.41, 5.74) is 2.72.